The van der Waals surface area contributed by atoms with Gasteiger partial charge in [-0.05, 0) is 20.8 Å². The Labute approximate surface area is 93.1 Å². The number of amides is 1. The van der Waals surface area contributed by atoms with E-state index in [-0.39, 0.29) is 11.0 Å². The molecule has 2 N–H and O–H groups in total. The Balaban J connectivity index is 3.00. The average Bonchev–Trinajstić information content (AvgIpc) is 2.16. The highest BCUT2D eigenvalue weighted by molar-refractivity contribution is 5.94. The molecular weight excluding hydrogens is 206 g/mol. The third-order valence-corrected chi connectivity index (χ3v) is 2.01. The molecule has 0 saturated carbocycles. The van der Waals surface area contributed by atoms with Crippen molar-refractivity contribution >= 4 is 5.91 Å². The van der Waals surface area contributed by atoms with Crippen LogP contribution in [0.15, 0.2) is 17.1 Å². The third-order valence-electron chi connectivity index (χ3n) is 2.01. The predicted octanol–water partition coefficient (Wildman–Crippen LogP) is 0.715. The van der Waals surface area contributed by atoms with Crippen molar-refractivity contribution in [3.05, 3.63) is 33.7 Å². The van der Waals surface area contributed by atoms with Gasteiger partial charge in [-0.2, -0.15) is 5.26 Å². The summed E-state index contributed by atoms with van der Waals surface area (Å²) in [6, 6.07) is 3.27. The van der Waals surface area contributed by atoms with Gasteiger partial charge in [0.2, 0.25) is 0 Å². The molecule has 1 aromatic heterocycles. The van der Waals surface area contributed by atoms with Crippen molar-refractivity contribution in [2.75, 3.05) is 0 Å². The Kier molecular flexibility index (Phi) is 3.14. The Morgan fingerprint density at radius 3 is 2.69 bits per heavy atom. The number of aryl methyl sites for hydroxylation is 1. The molecule has 0 aliphatic carbocycles. The fourth-order valence-corrected chi connectivity index (χ4v) is 1.13. The average molecular weight is 219 g/mol. The summed E-state index contributed by atoms with van der Waals surface area (Å²) < 4.78 is 0. The molecule has 0 fully saturated rings. The lowest BCUT2D eigenvalue weighted by Gasteiger charge is -2.16. The lowest BCUT2D eigenvalue weighted by Crippen LogP contribution is -2.43. The molecule has 0 aliphatic rings. The van der Waals surface area contributed by atoms with Gasteiger partial charge >= 0.3 is 0 Å². The summed E-state index contributed by atoms with van der Waals surface area (Å²) in [5.41, 5.74) is -0.661. The Morgan fingerprint density at radius 1 is 1.56 bits per heavy atom. The smallest absolute Gasteiger partial charge is 0.257 e. The molecule has 0 atom stereocenters. The summed E-state index contributed by atoms with van der Waals surface area (Å²) in [6.45, 7) is 4.85. The third kappa shape index (κ3) is 2.70. The van der Waals surface area contributed by atoms with Gasteiger partial charge in [0.1, 0.15) is 11.1 Å². The highest BCUT2D eigenvalue weighted by atomic mass is 16.2. The Morgan fingerprint density at radius 2 is 2.19 bits per heavy atom. The molecule has 84 valence electrons. The van der Waals surface area contributed by atoms with Crippen LogP contribution in [0.2, 0.25) is 0 Å². The van der Waals surface area contributed by atoms with Crippen LogP contribution < -0.4 is 10.7 Å². The SMILES string of the molecule is Cc1cc(=O)c(C(=O)NC(C)(C)C#N)c[nH]1. The van der Waals surface area contributed by atoms with Gasteiger partial charge in [0.25, 0.3) is 5.91 Å². The van der Waals surface area contributed by atoms with Crippen molar-refractivity contribution in [2.45, 2.75) is 26.3 Å². The van der Waals surface area contributed by atoms with Gasteiger partial charge in [-0.15, -0.1) is 0 Å². The maximum Gasteiger partial charge on any atom is 0.257 e. The van der Waals surface area contributed by atoms with Gasteiger partial charge in [0.15, 0.2) is 5.43 Å². The van der Waals surface area contributed by atoms with Crippen LogP contribution in [0.5, 0.6) is 0 Å². The summed E-state index contributed by atoms with van der Waals surface area (Å²) in [5, 5.41) is 11.2. The number of nitrogens with one attached hydrogen (secondary N) is 2. The van der Waals surface area contributed by atoms with Crippen LogP contribution in [-0.2, 0) is 0 Å². The first-order chi connectivity index (χ1) is 7.35. The second kappa shape index (κ2) is 4.19. The number of rotatable bonds is 2. The molecular formula is C11H13N3O2. The van der Waals surface area contributed by atoms with Crippen molar-refractivity contribution < 1.29 is 4.79 Å². The number of aromatic amines is 1. The number of nitrogens with zero attached hydrogens (tertiary/aromatic N) is 1. The molecule has 0 spiro atoms. The molecule has 0 aliphatic heterocycles. The van der Waals surface area contributed by atoms with Gasteiger partial charge in [-0.3, -0.25) is 9.59 Å². The molecule has 0 bridgehead atoms. The number of carbonyl (C=O) groups is 1. The molecule has 0 saturated heterocycles. The lowest BCUT2D eigenvalue weighted by molar-refractivity contribution is 0.0928. The lowest BCUT2D eigenvalue weighted by atomic mass is 10.1. The van der Waals surface area contributed by atoms with Crippen LogP contribution in [0.1, 0.15) is 29.9 Å². The van der Waals surface area contributed by atoms with Gasteiger partial charge in [0.05, 0.1) is 6.07 Å². The molecule has 1 rings (SSSR count). The van der Waals surface area contributed by atoms with E-state index < -0.39 is 11.4 Å². The molecule has 1 heterocycles. The maximum atomic E-state index is 11.7. The van der Waals surface area contributed by atoms with Gasteiger partial charge in [0, 0.05) is 18.0 Å². The first kappa shape index (κ1) is 12.0. The van der Waals surface area contributed by atoms with Crippen LogP contribution in [0, 0.1) is 18.3 Å². The summed E-state index contributed by atoms with van der Waals surface area (Å²) in [5.74, 6) is -0.548. The zero-order chi connectivity index (χ0) is 12.3. The van der Waals surface area contributed by atoms with Crippen LogP contribution in [0.3, 0.4) is 0 Å². The summed E-state index contributed by atoms with van der Waals surface area (Å²) in [4.78, 5) is 25.9. The quantitative estimate of drug-likeness (QED) is 0.768. The van der Waals surface area contributed by atoms with E-state index in [2.05, 4.69) is 10.3 Å². The van der Waals surface area contributed by atoms with Crippen LogP contribution >= 0.6 is 0 Å². The molecule has 5 nitrogen and oxygen atoms in total. The fraction of sp³-hybridized carbons (Fsp3) is 0.364. The minimum Gasteiger partial charge on any atom is -0.364 e. The zero-order valence-corrected chi connectivity index (χ0v) is 9.42. The van der Waals surface area contributed by atoms with Crippen molar-refractivity contribution in [1.82, 2.24) is 10.3 Å². The second-order valence-electron chi connectivity index (χ2n) is 4.08. The van der Waals surface area contributed by atoms with E-state index >= 15 is 0 Å². The van der Waals surface area contributed by atoms with Crippen molar-refractivity contribution in [2.24, 2.45) is 0 Å². The van der Waals surface area contributed by atoms with E-state index in [9.17, 15) is 9.59 Å². The highest BCUT2D eigenvalue weighted by Crippen LogP contribution is 2.01. The van der Waals surface area contributed by atoms with Crippen LogP contribution in [0.25, 0.3) is 0 Å². The summed E-state index contributed by atoms with van der Waals surface area (Å²) in [7, 11) is 0. The molecule has 0 unspecified atom stereocenters. The maximum absolute atomic E-state index is 11.7. The minimum absolute atomic E-state index is 0.00826. The second-order valence-corrected chi connectivity index (χ2v) is 4.08. The Hall–Kier alpha value is -2.09. The van der Waals surface area contributed by atoms with Crippen LogP contribution in [-0.4, -0.2) is 16.4 Å². The van der Waals surface area contributed by atoms with Crippen molar-refractivity contribution in [1.29, 1.82) is 5.26 Å². The fourth-order valence-electron chi connectivity index (χ4n) is 1.13. The monoisotopic (exact) mass is 219 g/mol. The van der Waals surface area contributed by atoms with E-state index in [0.717, 1.165) is 0 Å². The number of hydrogen-bond acceptors (Lipinski definition) is 3. The van der Waals surface area contributed by atoms with Crippen molar-refractivity contribution in [3.8, 4) is 6.07 Å². The molecule has 5 heteroatoms. The van der Waals surface area contributed by atoms with Crippen LogP contribution in [0.4, 0.5) is 0 Å². The number of carbonyl (C=O) groups excluding carboxylic acids is 1. The molecule has 0 radical (unpaired) electrons. The minimum atomic E-state index is -0.992. The summed E-state index contributed by atoms with van der Waals surface area (Å²) >= 11 is 0. The van der Waals surface area contributed by atoms with Gasteiger partial charge in [-0.1, -0.05) is 0 Å². The molecule has 16 heavy (non-hydrogen) atoms. The molecule has 0 aromatic carbocycles. The number of hydrogen-bond donors (Lipinski definition) is 2. The number of pyridine rings is 1. The standard InChI is InChI=1S/C11H13N3O2/c1-7-4-9(15)8(5-13-7)10(16)14-11(2,3)6-12/h4-5H,1-3H3,(H,13,15)(H,14,16). The zero-order valence-electron chi connectivity index (χ0n) is 9.42. The first-order valence-corrected chi connectivity index (χ1v) is 4.79. The van der Waals surface area contributed by atoms with Gasteiger partial charge in [-0.25, -0.2) is 0 Å². The Bertz CT molecular complexity index is 509. The largest absolute Gasteiger partial charge is 0.364 e. The summed E-state index contributed by atoms with van der Waals surface area (Å²) in [6.07, 6.45) is 1.35. The van der Waals surface area contributed by atoms with E-state index in [4.69, 9.17) is 5.26 Å². The molecule has 1 aromatic rings. The van der Waals surface area contributed by atoms with E-state index in [0.29, 0.717) is 5.69 Å². The number of nitriles is 1. The van der Waals surface area contributed by atoms with Gasteiger partial charge < -0.3 is 10.3 Å². The topological polar surface area (TPSA) is 85.8 Å². The number of H-pyrrole nitrogens is 1. The van der Waals surface area contributed by atoms with Crippen molar-refractivity contribution in [3.63, 3.8) is 0 Å². The predicted molar refractivity (Wildman–Crippen MR) is 59.0 cm³/mol. The highest BCUT2D eigenvalue weighted by Gasteiger charge is 2.21. The normalized spacial score (nSPS) is 10.6. The van der Waals surface area contributed by atoms with E-state index in [1.54, 1.807) is 20.8 Å². The van der Waals surface area contributed by atoms with E-state index in [1.807, 2.05) is 6.07 Å². The molecule has 1 amide bonds. The van der Waals surface area contributed by atoms with E-state index in [1.165, 1.54) is 12.3 Å². The number of aromatic nitrogens is 1. The first-order valence-electron chi connectivity index (χ1n) is 4.79.